The first-order valence-electron chi connectivity index (χ1n) is 10.9. The van der Waals surface area contributed by atoms with Crippen molar-refractivity contribution in [3.63, 3.8) is 0 Å². The van der Waals surface area contributed by atoms with Crippen molar-refractivity contribution in [3.05, 3.63) is 76.7 Å². The topological polar surface area (TPSA) is 91.8 Å². The highest BCUT2D eigenvalue weighted by Gasteiger charge is 2.27. The number of hydrogen-bond acceptors (Lipinski definition) is 7. The fourth-order valence-electron chi connectivity index (χ4n) is 4.19. The molecule has 1 aliphatic rings. The van der Waals surface area contributed by atoms with Crippen molar-refractivity contribution in [2.75, 3.05) is 23.7 Å². The number of rotatable bonds is 6. The van der Waals surface area contributed by atoms with Crippen LogP contribution in [0.4, 0.5) is 10.9 Å². The van der Waals surface area contributed by atoms with Gasteiger partial charge in [0.15, 0.2) is 5.13 Å². The maximum atomic E-state index is 13.2. The lowest BCUT2D eigenvalue weighted by atomic mass is 9.86. The molecule has 4 aromatic rings. The van der Waals surface area contributed by atoms with Gasteiger partial charge in [-0.15, -0.1) is 0 Å². The highest BCUT2D eigenvalue weighted by molar-refractivity contribution is 9.10. The quantitative estimate of drug-likeness (QED) is 0.320. The van der Waals surface area contributed by atoms with Crippen LogP contribution in [0, 0.1) is 5.92 Å². The molecule has 0 radical (unpaired) electrons. The molecule has 1 aliphatic heterocycles. The minimum atomic E-state index is -0.234. The van der Waals surface area contributed by atoms with Crippen LogP contribution in [-0.2, 0) is 0 Å². The summed E-state index contributed by atoms with van der Waals surface area (Å²) in [5.74, 6) is 0.760. The molecule has 0 aliphatic carbocycles. The van der Waals surface area contributed by atoms with Gasteiger partial charge in [-0.3, -0.25) is 15.1 Å². The molecule has 3 aromatic heterocycles. The molecule has 168 valence electrons. The van der Waals surface area contributed by atoms with Gasteiger partial charge in [0.1, 0.15) is 5.82 Å². The highest BCUT2D eigenvalue weighted by Crippen LogP contribution is 2.33. The van der Waals surface area contributed by atoms with Crippen molar-refractivity contribution in [1.82, 2.24) is 20.3 Å². The maximum absolute atomic E-state index is 13.2. The van der Waals surface area contributed by atoms with Gasteiger partial charge in [-0.25, -0.2) is 9.97 Å². The summed E-state index contributed by atoms with van der Waals surface area (Å²) in [5, 5.41) is 10.5. The van der Waals surface area contributed by atoms with Gasteiger partial charge in [0.05, 0.1) is 21.8 Å². The third kappa shape index (κ3) is 5.05. The molecular weight excluding hydrogens is 500 g/mol. The lowest BCUT2D eigenvalue weighted by molar-refractivity contribution is 0.102. The molecule has 0 bridgehead atoms. The summed E-state index contributed by atoms with van der Waals surface area (Å²) < 4.78 is 1.99. The Bertz CT molecular complexity index is 1260. The van der Waals surface area contributed by atoms with E-state index in [1.54, 1.807) is 18.3 Å². The van der Waals surface area contributed by atoms with Gasteiger partial charge in [-0.2, -0.15) is 0 Å². The molecule has 7 nitrogen and oxygen atoms in total. The van der Waals surface area contributed by atoms with E-state index in [1.807, 2.05) is 42.7 Å². The number of benzene rings is 1. The molecule has 0 saturated carbocycles. The van der Waals surface area contributed by atoms with Crippen LogP contribution in [0.15, 0.2) is 65.5 Å². The van der Waals surface area contributed by atoms with Gasteiger partial charge < -0.3 is 10.6 Å². The summed E-state index contributed by atoms with van der Waals surface area (Å²) in [6.45, 7) is 1.97. The van der Waals surface area contributed by atoms with Crippen LogP contribution in [0.5, 0.6) is 0 Å². The summed E-state index contributed by atoms with van der Waals surface area (Å²) in [7, 11) is 0. The van der Waals surface area contributed by atoms with Crippen LogP contribution < -0.4 is 16.0 Å². The smallest absolute Gasteiger partial charge is 0.261 e. The van der Waals surface area contributed by atoms with Crippen molar-refractivity contribution in [2.24, 2.45) is 5.92 Å². The van der Waals surface area contributed by atoms with E-state index in [0.29, 0.717) is 22.4 Å². The molecular formula is C24H23BrN6OS. The Morgan fingerprint density at radius 3 is 2.76 bits per heavy atom. The molecule has 0 spiro atoms. The number of aromatic nitrogens is 3. The molecule has 1 unspecified atom stereocenters. The first kappa shape index (κ1) is 21.9. The Morgan fingerprint density at radius 2 is 1.94 bits per heavy atom. The molecule has 5 rings (SSSR count). The number of piperidine rings is 1. The molecule has 1 atom stereocenters. The lowest BCUT2D eigenvalue weighted by Gasteiger charge is -2.32. The Balaban J connectivity index is 1.41. The van der Waals surface area contributed by atoms with Gasteiger partial charge >= 0.3 is 0 Å². The van der Waals surface area contributed by atoms with Gasteiger partial charge in [0, 0.05) is 23.1 Å². The molecule has 1 amide bonds. The Kier molecular flexibility index (Phi) is 6.61. The van der Waals surface area contributed by atoms with Crippen LogP contribution in [-0.4, -0.2) is 33.9 Å². The minimum Gasteiger partial charge on any atom is -0.362 e. The molecule has 3 N–H and O–H groups in total. The fraction of sp³-hybridized carbons (Fsp3) is 0.250. The maximum Gasteiger partial charge on any atom is 0.261 e. The number of hydrogen-bond donors (Lipinski definition) is 3. The summed E-state index contributed by atoms with van der Waals surface area (Å²) in [4.78, 5) is 26.5. The van der Waals surface area contributed by atoms with E-state index in [4.69, 9.17) is 0 Å². The Morgan fingerprint density at radius 1 is 1.12 bits per heavy atom. The molecule has 1 saturated heterocycles. The normalized spacial score (nSPS) is 15.3. The second kappa shape index (κ2) is 9.94. The van der Waals surface area contributed by atoms with Crippen molar-refractivity contribution in [2.45, 2.75) is 18.9 Å². The van der Waals surface area contributed by atoms with E-state index >= 15 is 0 Å². The van der Waals surface area contributed by atoms with Gasteiger partial charge in [0.2, 0.25) is 0 Å². The molecule has 1 aromatic carbocycles. The van der Waals surface area contributed by atoms with Crippen molar-refractivity contribution < 1.29 is 4.79 Å². The second-order valence-corrected chi connectivity index (χ2v) is 9.92. The number of fused-ring (bicyclic) bond motifs is 1. The van der Waals surface area contributed by atoms with E-state index in [1.165, 1.54) is 11.3 Å². The van der Waals surface area contributed by atoms with E-state index < -0.39 is 0 Å². The number of nitrogens with one attached hydrogen (secondary N) is 3. The number of thiazole rings is 1. The van der Waals surface area contributed by atoms with Gasteiger partial charge in [0.25, 0.3) is 5.91 Å². The highest BCUT2D eigenvalue weighted by atomic mass is 79.9. The molecule has 33 heavy (non-hydrogen) atoms. The number of carbonyl (C=O) groups excluding carboxylic acids is 1. The van der Waals surface area contributed by atoms with E-state index in [2.05, 4.69) is 46.8 Å². The van der Waals surface area contributed by atoms with Crippen molar-refractivity contribution in [1.29, 1.82) is 0 Å². The largest absolute Gasteiger partial charge is 0.362 e. The summed E-state index contributed by atoms with van der Waals surface area (Å²) in [6.07, 6.45) is 7.43. The number of anilines is 2. The number of pyridine rings is 2. The monoisotopic (exact) mass is 522 g/mol. The summed E-state index contributed by atoms with van der Waals surface area (Å²) in [5.41, 5.74) is 2.49. The standard InChI is InChI=1S/C24H23BrN6OS/c25-17-3-4-19-20(14-17)33-24(29-19)31-23(32)18-2-1-9-28-22(18)30-21(15-5-10-26-11-6-15)16-7-12-27-13-8-16/h1-6,9-11,14,16,21,27H,7-8,12-13H2,(H,28,30)(H,29,31,32). The predicted octanol–water partition coefficient (Wildman–Crippen LogP) is 5.25. The van der Waals surface area contributed by atoms with Gasteiger partial charge in [-0.05, 0) is 79.9 Å². The average Bonchev–Trinajstić information content (AvgIpc) is 3.25. The number of nitrogens with zero attached hydrogens (tertiary/aromatic N) is 3. The number of amides is 1. The van der Waals surface area contributed by atoms with E-state index in [9.17, 15) is 4.79 Å². The summed E-state index contributed by atoms with van der Waals surface area (Å²) >= 11 is 4.93. The molecule has 1 fully saturated rings. The zero-order valence-electron chi connectivity index (χ0n) is 17.8. The molecule has 4 heterocycles. The van der Waals surface area contributed by atoms with Crippen LogP contribution >= 0.6 is 27.3 Å². The number of halogens is 1. The van der Waals surface area contributed by atoms with Crippen LogP contribution in [0.3, 0.4) is 0 Å². The SMILES string of the molecule is O=C(Nc1nc2ccc(Br)cc2s1)c1cccnc1NC(c1ccncc1)C1CCNCC1. The molecule has 9 heteroatoms. The number of carbonyl (C=O) groups is 1. The lowest BCUT2D eigenvalue weighted by Crippen LogP contribution is -2.34. The first-order valence-corrected chi connectivity index (χ1v) is 12.5. The Hall–Kier alpha value is -2.88. The fourth-order valence-corrected chi connectivity index (χ4v) is 5.60. The van der Waals surface area contributed by atoms with Crippen molar-refractivity contribution in [3.8, 4) is 0 Å². The van der Waals surface area contributed by atoms with Gasteiger partial charge in [-0.1, -0.05) is 27.3 Å². The summed E-state index contributed by atoms with van der Waals surface area (Å²) in [6, 6.07) is 13.5. The zero-order valence-corrected chi connectivity index (χ0v) is 20.2. The van der Waals surface area contributed by atoms with E-state index in [0.717, 1.165) is 46.2 Å². The van der Waals surface area contributed by atoms with Crippen molar-refractivity contribution >= 4 is 54.3 Å². The predicted molar refractivity (Wildman–Crippen MR) is 136 cm³/mol. The first-order chi connectivity index (χ1) is 16.2. The zero-order chi connectivity index (χ0) is 22.6. The van der Waals surface area contributed by atoms with Crippen LogP contribution in [0.1, 0.15) is 34.8 Å². The third-order valence-electron chi connectivity index (χ3n) is 5.84. The van der Waals surface area contributed by atoms with Crippen LogP contribution in [0.2, 0.25) is 0 Å². The third-order valence-corrected chi connectivity index (χ3v) is 7.26. The average molecular weight is 523 g/mol. The second-order valence-electron chi connectivity index (χ2n) is 7.97. The Labute approximate surface area is 204 Å². The van der Waals surface area contributed by atoms with E-state index in [-0.39, 0.29) is 11.9 Å². The van der Waals surface area contributed by atoms with Crippen LogP contribution in [0.25, 0.3) is 10.2 Å². The minimum absolute atomic E-state index is 0.0383.